The normalized spacial score (nSPS) is 25.6. The molecular weight excluding hydrogens is 306 g/mol. The number of ether oxygens (including phenoxy) is 3. The highest BCUT2D eigenvalue weighted by atomic mass is 16.7. The van der Waals surface area contributed by atoms with Crippen LogP contribution in [-0.4, -0.2) is 37.7 Å². The number of hydrogen-bond acceptors (Lipinski definition) is 5. The molecule has 2 fully saturated rings. The van der Waals surface area contributed by atoms with Crippen molar-refractivity contribution >= 4 is 5.71 Å². The molecule has 1 aromatic rings. The molecular formula is C19H25NO4. The summed E-state index contributed by atoms with van der Waals surface area (Å²) in [5, 5.41) is 4.32. The van der Waals surface area contributed by atoms with Crippen LogP contribution in [0.15, 0.2) is 23.4 Å². The first-order chi connectivity index (χ1) is 11.8. The molecule has 1 aromatic carbocycles. The van der Waals surface area contributed by atoms with Gasteiger partial charge in [0.15, 0.2) is 17.1 Å². The second kappa shape index (κ2) is 6.63. The molecule has 1 saturated carbocycles. The minimum absolute atomic E-state index is 0.249. The molecule has 3 aliphatic rings. The molecule has 4 rings (SSSR count). The Morgan fingerprint density at radius 1 is 1.25 bits per heavy atom. The lowest BCUT2D eigenvalue weighted by Gasteiger charge is -2.17. The van der Waals surface area contributed by atoms with Gasteiger partial charge in [-0.1, -0.05) is 12.1 Å². The average Bonchev–Trinajstić information content (AvgIpc) is 3.18. The van der Waals surface area contributed by atoms with Crippen molar-refractivity contribution in [3.05, 3.63) is 23.8 Å². The quantitative estimate of drug-likeness (QED) is 0.767. The van der Waals surface area contributed by atoms with Gasteiger partial charge in [-0.25, -0.2) is 0 Å². The van der Waals surface area contributed by atoms with Crippen LogP contribution in [0.1, 0.15) is 44.6 Å². The third-order valence-corrected chi connectivity index (χ3v) is 4.82. The van der Waals surface area contributed by atoms with Crippen molar-refractivity contribution in [1.82, 2.24) is 0 Å². The first-order valence-electron chi connectivity index (χ1n) is 9.01. The molecule has 1 spiro atoms. The van der Waals surface area contributed by atoms with Crippen LogP contribution < -0.4 is 9.47 Å². The van der Waals surface area contributed by atoms with E-state index in [2.05, 4.69) is 18.1 Å². The molecule has 130 valence electrons. The molecule has 1 aliphatic carbocycles. The highest BCUT2D eigenvalue weighted by Crippen LogP contribution is 2.37. The predicted molar refractivity (Wildman–Crippen MR) is 90.9 cm³/mol. The Labute approximate surface area is 142 Å². The van der Waals surface area contributed by atoms with Crippen molar-refractivity contribution in [1.29, 1.82) is 0 Å². The standard InChI is InChI=1S/C19H25NO4/c1-2-8-22-18-10-15(5-6-17(18)23-12-14-3-4-14)16-11-19(24-20-16)7-9-21-13-19/h5-6,10,14H,2-4,7-9,11-13H2,1H3. The van der Waals surface area contributed by atoms with Crippen LogP contribution in [0.3, 0.4) is 0 Å². The number of hydrogen-bond donors (Lipinski definition) is 0. The molecule has 1 unspecified atom stereocenters. The Balaban J connectivity index is 1.50. The van der Waals surface area contributed by atoms with Crippen molar-refractivity contribution in [2.45, 2.75) is 44.6 Å². The van der Waals surface area contributed by atoms with Crippen LogP contribution in [-0.2, 0) is 9.57 Å². The van der Waals surface area contributed by atoms with E-state index in [-0.39, 0.29) is 5.60 Å². The van der Waals surface area contributed by atoms with Crippen LogP contribution in [0.25, 0.3) is 0 Å². The van der Waals surface area contributed by atoms with E-state index in [0.717, 1.165) is 61.2 Å². The Morgan fingerprint density at radius 3 is 2.92 bits per heavy atom. The SMILES string of the molecule is CCCOc1cc(C2=NOC3(CCOC3)C2)ccc1OCC1CC1. The number of benzene rings is 1. The summed E-state index contributed by atoms with van der Waals surface area (Å²) in [5.41, 5.74) is 1.76. The summed E-state index contributed by atoms with van der Waals surface area (Å²) in [7, 11) is 0. The second-order valence-corrected chi connectivity index (χ2v) is 7.06. The lowest BCUT2D eigenvalue weighted by atomic mass is 9.93. The summed E-state index contributed by atoms with van der Waals surface area (Å²) in [5.74, 6) is 2.36. The van der Waals surface area contributed by atoms with Crippen LogP contribution in [0.5, 0.6) is 11.5 Å². The van der Waals surface area contributed by atoms with Crippen LogP contribution in [0, 0.1) is 5.92 Å². The van der Waals surface area contributed by atoms with Crippen molar-refractivity contribution in [2.75, 3.05) is 26.4 Å². The highest BCUT2D eigenvalue weighted by molar-refractivity contribution is 6.02. The van der Waals surface area contributed by atoms with Gasteiger partial charge >= 0.3 is 0 Å². The maximum Gasteiger partial charge on any atom is 0.168 e. The molecule has 5 heteroatoms. The molecule has 2 aliphatic heterocycles. The predicted octanol–water partition coefficient (Wildman–Crippen LogP) is 3.55. The summed E-state index contributed by atoms with van der Waals surface area (Å²) >= 11 is 0. The van der Waals surface area contributed by atoms with E-state index in [9.17, 15) is 0 Å². The van der Waals surface area contributed by atoms with E-state index in [1.54, 1.807) is 0 Å². The van der Waals surface area contributed by atoms with Gasteiger partial charge < -0.3 is 19.0 Å². The maximum absolute atomic E-state index is 5.95. The first-order valence-corrected chi connectivity index (χ1v) is 9.01. The second-order valence-electron chi connectivity index (χ2n) is 7.06. The first kappa shape index (κ1) is 15.8. The van der Waals surface area contributed by atoms with Crippen LogP contribution in [0.4, 0.5) is 0 Å². The Bertz CT molecular complexity index is 618. The summed E-state index contributed by atoms with van der Waals surface area (Å²) in [6.45, 7) is 4.95. The average molecular weight is 331 g/mol. The van der Waals surface area contributed by atoms with Gasteiger partial charge in [0.2, 0.25) is 0 Å². The monoisotopic (exact) mass is 331 g/mol. The smallest absolute Gasteiger partial charge is 0.168 e. The highest BCUT2D eigenvalue weighted by Gasteiger charge is 2.43. The van der Waals surface area contributed by atoms with Crippen molar-refractivity contribution in [3.63, 3.8) is 0 Å². The van der Waals surface area contributed by atoms with E-state index in [0.29, 0.717) is 13.2 Å². The Morgan fingerprint density at radius 2 is 2.17 bits per heavy atom. The van der Waals surface area contributed by atoms with Gasteiger partial charge in [0.05, 0.1) is 32.1 Å². The summed E-state index contributed by atoms with van der Waals surface area (Å²) in [6.07, 6.45) is 5.23. The number of nitrogens with zero attached hydrogens (tertiary/aromatic N) is 1. The van der Waals surface area contributed by atoms with Crippen molar-refractivity contribution < 1.29 is 19.0 Å². The maximum atomic E-state index is 5.95. The van der Waals surface area contributed by atoms with Gasteiger partial charge in [0.25, 0.3) is 0 Å². The summed E-state index contributed by atoms with van der Waals surface area (Å²) in [6, 6.07) is 6.09. The topological polar surface area (TPSA) is 49.3 Å². The van der Waals surface area contributed by atoms with Gasteiger partial charge in [-0.05, 0) is 43.4 Å². The molecule has 0 aromatic heterocycles. The lowest BCUT2D eigenvalue weighted by molar-refractivity contribution is -0.0237. The van der Waals surface area contributed by atoms with E-state index >= 15 is 0 Å². The molecule has 1 atom stereocenters. The van der Waals surface area contributed by atoms with Gasteiger partial charge in [0, 0.05) is 18.4 Å². The molecule has 0 bridgehead atoms. The van der Waals surface area contributed by atoms with Gasteiger partial charge in [-0.15, -0.1) is 0 Å². The number of oxime groups is 1. The Hall–Kier alpha value is -1.75. The van der Waals surface area contributed by atoms with Crippen LogP contribution >= 0.6 is 0 Å². The van der Waals surface area contributed by atoms with Crippen LogP contribution in [0.2, 0.25) is 0 Å². The number of rotatable bonds is 7. The lowest BCUT2D eigenvalue weighted by Crippen LogP contribution is -2.29. The minimum atomic E-state index is -0.249. The van der Waals surface area contributed by atoms with E-state index in [1.807, 2.05) is 12.1 Å². The fourth-order valence-corrected chi connectivity index (χ4v) is 3.10. The molecule has 0 amide bonds. The van der Waals surface area contributed by atoms with Gasteiger partial charge in [-0.2, -0.15) is 0 Å². The fourth-order valence-electron chi connectivity index (χ4n) is 3.10. The molecule has 0 N–H and O–H groups in total. The largest absolute Gasteiger partial charge is 0.490 e. The molecule has 1 saturated heterocycles. The van der Waals surface area contributed by atoms with E-state index < -0.39 is 0 Å². The molecule has 2 heterocycles. The van der Waals surface area contributed by atoms with Crippen molar-refractivity contribution in [2.24, 2.45) is 11.1 Å². The zero-order valence-electron chi connectivity index (χ0n) is 14.3. The van der Waals surface area contributed by atoms with E-state index in [4.69, 9.17) is 19.0 Å². The molecule has 5 nitrogen and oxygen atoms in total. The van der Waals surface area contributed by atoms with Crippen molar-refractivity contribution in [3.8, 4) is 11.5 Å². The molecule has 0 radical (unpaired) electrons. The zero-order valence-corrected chi connectivity index (χ0v) is 14.3. The third kappa shape index (κ3) is 3.36. The summed E-state index contributed by atoms with van der Waals surface area (Å²) < 4.78 is 17.3. The third-order valence-electron chi connectivity index (χ3n) is 4.82. The summed E-state index contributed by atoms with van der Waals surface area (Å²) in [4.78, 5) is 5.70. The zero-order chi connectivity index (χ0) is 16.4. The fraction of sp³-hybridized carbons (Fsp3) is 0.632. The minimum Gasteiger partial charge on any atom is -0.490 e. The Kier molecular flexibility index (Phi) is 4.35. The van der Waals surface area contributed by atoms with Gasteiger partial charge in [0.1, 0.15) is 0 Å². The van der Waals surface area contributed by atoms with Gasteiger partial charge in [-0.3, -0.25) is 0 Å². The van der Waals surface area contributed by atoms with E-state index in [1.165, 1.54) is 12.8 Å². The molecule has 24 heavy (non-hydrogen) atoms.